The molecule has 0 radical (unpaired) electrons. The van der Waals surface area contributed by atoms with E-state index in [2.05, 4.69) is 52.7 Å². The van der Waals surface area contributed by atoms with E-state index in [1.807, 2.05) is 0 Å². The average Bonchev–Trinajstić information content (AvgIpc) is 2.70. The molecule has 3 rings (SSSR count). The van der Waals surface area contributed by atoms with Gasteiger partial charge in [0.05, 0.1) is 5.52 Å². The van der Waals surface area contributed by atoms with E-state index >= 15 is 0 Å². The zero-order valence-corrected chi connectivity index (χ0v) is 13.3. The fraction of sp³-hybridized carbons (Fsp3) is 0.500. The van der Waals surface area contributed by atoms with Crippen LogP contribution in [0.4, 0.5) is 0 Å². The van der Waals surface area contributed by atoms with Gasteiger partial charge in [0.25, 0.3) is 0 Å². The van der Waals surface area contributed by atoms with Gasteiger partial charge in [-0.3, -0.25) is 0 Å². The predicted octanol–water partition coefficient (Wildman–Crippen LogP) is 3.98. The summed E-state index contributed by atoms with van der Waals surface area (Å²) in [6, 6.07) is 4.55. The number of hydrogen-bond donors (Lipinski definition) is 1. The third-order valence-corrected chi connectivity index (χ3v) is 4.82. The summed E-state index contributed by atoms with van der Waals surface area (Å²) >= 11 is 3.66. The van der Waals surface area contributed by atoms with Crippen molar-refractivity contribution in [2.45, 2.75) is 45.1 Å². The molecule has 0 unspecified atom stereocenters. The smallest absolute Gasteiger partial charge is 0.0516 e. The van der Waals surface area contributed by atoms with Crippen LogP contribution in [0.3, 0.4) is 0 Å². The van der Waals surface area contributed by atoms with Gasteiger partial charge in [-0.1, -0.05) is 29.8 Å². The van der Waals surface area contributed by atoms with Crippen molar-refractivity contribution in [1.82, 2.24) is 4.57 Å². The number of hydrogen-bond acceptors (Lipinski definition) is 1. The Hall–Kier alpha value is -0.800. The highest BCUT2D eigenvalue weighted by Gasteiger charge is 2.26. The molecule has 0 spiro atoms. The van der Waals surface area contributed by atoms with Crippen LogP contribution >= 0.6 is 15.9 Å². The summed E-state index contributed by atoms with van der Waals surface area (Å²) in [7, 11) is 0. The fourth-order valence-corrected chi connectivity index (χ4v) is 3.84. The van der Waals surface area contributed by atoms with Crippen molar-refractivity contribution in [3.8, 4) is 0 Å². The van der Waals surface area contributed by atoms with Gasteiger partial charge in [0.2, 0.25) is 0 Å². The Bertz CT molecular complexity index is 625. The number of benzene rings is 1. The number of rotatable bonds is 3. The topological polar surface area (TPSA) is 30.9 Å². The molecule has 2 N–H and O–H groups in total. The molecular weight excluding hydrogens is 300 g/mol. The molecule has 2 aromatic rings. The van der Waals surface area contributed by atoms with Crippen molar-refractivity contribution >= 4 is 26.8 Å². The second-order valence-electron chi connectivity index (χ2n) is 6.22. The molecule has 2 heterocycles. The Labute approximate surface area is 123 Å². The van der Waals surface area contributed by atoms with Crippen LogP contribution in [0.5, 0.6) is 0 Å². The molecule has 19 heavy (non-hydrogen) atoms. The van der Waals surface area contributed by atoms with Crippen molar-refractivity contribution in [2.75, 3.05) is 6.54 Å². The molecule has 0 aliphatic carbocycles. The van der Waals surface area contributed by atoms with Crippen molar-refractivity contribution in [3.05, 3.63) is 33.9 Å². The molecule has 2 nitrogen and oxygen atoms in total. The molecule has 0 fully saturated rings. The molecule has 1 aromatic carbocycles. The van der Waals surface area contributed by atoms with E-state index in [1.54, 1.807) is 0 Å². The number of halogens is 1. The van der Waals surface area contributed by atoms with Crippen molar-refractivity contribution < 1.29 is 0 Å². The molecule has 1 aliphatic heterocycles. The molecular formula is C16H21BrN2. The van der Waals surface area contributed by atoms with E-state index in [-0.39, 0.29) is 5.41 Å². The van der Waals surface area contributed by atoms with Gasteiger partial charge < -0.3 is 10.3 Å². The lowest BCUT2D eigenvalue weighted by atomic mass is 9.81. The third-order valence-electron chi connectivity index (χ3n) is 4.36. The van der Waals surface area contributed by atoms with Crippen molar-refractivity contribution in [1.29, 1.82) is 0 Å². The summed E-state index contributed by atoms with van der Waals surface area (Å²) in [5.74, 6) is 0. The van der Waals surface area contributed by atoms with Crippen LogP contribution in [0.15, 0.2) is 22.8 Å². The van der Waals surface area contributed by atoms with Gasteiger partial charge in [0, 0.05) is 22.6 Å². The number of nitrogens with zero attached hydrogens (tertiary/aromatic N) is 1. The molecule has 0 bridgehead atoms. The number of nitrogens with two attached hydrogens (primary N) is 1. The Morgan fingerprint density at radius 2 is 2.16 bits per heavy atom. The van der Waals surface area contributed by atoms with E-state index in [0.717, 1.165) is 19.5 Å². The van der Waals surface area contributed by atoms with Gasteiger partial charge in [-0.15, -0.1) is 0 Å². The van der Waals surface area contributed by atoms with Gasteiger partial charge in [-0.2, -0.15) is 0 Å². The summed E-state index contributed by atoms with van der Waals surface area (Å²) in [5, 5.41) is 1.41. The number of aromatic nitrogens is 1. The van der Waals surface area contributed by atoms with Crippen LogP contribution in [-0.2, 0) is 18.4 Å². The van der Waals surface area contributed by atoms with Crippen LogP contribution in [-0.4, -0.2) is 11.1 Å². The third kappa shape index (κ3) is 2.13. The Balaban J connectivity index is 2.27. The summed E-state index contributed by atoms with van der Waals surface area (Å²) in [5.41, 5.74) is 10.3. The van der Waals surface area contributed by atoms with E-state index < -0.39 is 0 Å². The molecule has 0 saturated heterocycles. The SMILES string of the molecule is CC(C)(CCN)c1cn2c3c(cc(Br)cc13)CCC2. The maximum atomic E-state index is 5.79. The lowest BCUT2D eigenvalue weighted by Crippen LogP contribution is -2.21. The number of aryl methyl sites for hydroxylation is 2. The highest BCUT2D eigenvalue weighted by Crippen LogP contribution is 2.39. The Morgan fingerprint density at radius 1 is 1.37 bits per heavy atom. The summed E-state index contributed by atoms with van der Waals surface area (Å²) in [6.07, 6.45) is 5.81. The molecule has 102 valence electrons. The van der Waals surface area contributed by atoms with Crippen molar-refractivity contribution in [2.24, 2.45) is 5.73 Å². The normalized spacial score (nSPS) is 15.2. The first kappa shape index (κ1) is 13.2. The maximum absolute atomic E-state index is 5.79. The summed E-state index contributed by atoms with van der Waals surface area (Å²) in [6.45, 7) is 6.49. The second kappa shape index (κ2) is 4.64. The van der Waals surface area contributed by atoms with Gasteiger partial charge in [-0.25, -0.2) is 0 Å². The van der Waals surface area contributed by atoms with E-state index in [0.29, 0.717) is 0 Å². The average molecular weight is 321 g/mol. The van der Waals surface area contributed by atoms with Crippen LogP contribution in [0, 0.1) is 0 Å². The largest absolute Gasteiger partial charge is 0.347 e. The lowest BCUT2D eigenvalue weighted by molar-refractivity contribution is 0.489. The lowest BCUT2D eigenvalue weighted by Gasteiger charge is -2.23. The standard InChI is InChI=1S/C16H21BrN2/c1-16(2,5-6-18)14-10-19-7-3-4-11-8-12(17)9-13(14)15(11)19/h8-10H,3-7,18H2,1-2H3. The Kier molecular flexibility index (Phi) is 3.22. The molecule has 0 saturated carbocycles. The fourth-order valence-electron chi connectivity index (χ4n) is 3.33. The predicted molar refractivity (Wildman–Crippen MR) is 84.7 cm³/mol. The summed E-state index contributed by atoms with van der Waals surface area (Å²) < 4.78 is 3.63. The Morgan fingerprint density at radius 3 is 2.89 bits per heavy atom. The second-order valence-corrected chi connectivity index (χ2v) is 7.14. The van der Waals surface area contributed by atoms with Crippen LogP contribution < -0.4 is 5.73 Å². The molecule has 3 heteroatoms. The first-order valence-electron chi connectivity index (χ1n) is 7.05. The molecule has 1 aromatic heterocycles. The van der Waals surface area contributed by atoms with Crippen LogP contribution in [0.25, 0.3) is 10.9 Å². The summed E-state index contributed by atoms with van der Waals surface area (Å²) in [4.78, 5) is 0. The quantitative estimate of drug-likeness (QED) is 0.911. The highest BCUT2D eigenvalue weighted by molar-refractivity contribution is 9.10. The van der Waals surface area contributed by atoms with Gasteiger partial charge >= 0.3 is 0 Å². The van der Waals surface area contributed by atoms with Gasteiger partial charge in [0.1, 0.15) is 0 Å². The zero-order valence-electron chi connectivity index (χ0n) is 11.7. The first-order chi connectivity index (χ1) is 9.03. The highest BCUT2D eigenvalue weighted by atomic mass is 79.9. The molecule has 0 amide bonds. The molecule has 0 atom stereocenters. The zero-order chi connectivity index (χ0) is 13.6. The van der Waals surface area contributed by atoms with Crippen molar-refractivity contribution in [3.63, 3.8) is 0 Å². The van der Waals surface area contributed by atoms with Crippen LogP contribution in [0.2, 0.25) is 0 Å². The van der Waals surface area contributed by atoms with Gasteiger partial charge in [-0.05, 0) is 54.5 Å². The van der Waals surface area contributed by atoms with E-state index in [1.165, 1.54) is 39.3 Å². The molecule has 1 aliphatic rings. The minimum atomic E-state index is 0.140. The monoisotopic (exact) mass is 320 g/mol. The minimum Gasteiger partial charge on any atom is -0.347 e. The van der Waals surface area contributed by atoms with Crippen LogP contribution in [0.1, 0.15) is 37.8 Å². The van der Waals surface area contributed by atoms with E-state index in [9.17, 15) is 0 Å². The van der Waals surface area contributed by atoms with E-state index in [4.69, 9.17) is 5.73 Å². The maximum Gasteiger partial charge on any atom is 0.0516 e. The van der Waals surface area contributed by atoms with Gasteiger partial charge in [0.15, 0.2) is 0 Å². The minimum absolute atomic E-state index is 0.140. The first-order valence-corrected chi connectivity index (χ1v) is 7.84.